The number of carbonyl (C=O) groups excluding carboxylic acids is 2. The number of unbranched alkanes of at least 4 members (excludes halogenated alkanes) is 1. The van der Waals surface area contributed by atoms with Gasteiger partial charge in [0.25, 0.3) is 0 Å². The molecule has 0 amide bonds. The second-order valence-corrected chi connectivity index (χ2v) is 3.97. The molecule has 104 valence electrons. The molecule has 0 aromatic rings. The van der Waals surface area contributed by atoms with Gasteiger partial charge in [-0.25, -0.2) is 4.79 Å². The van der Waals surface area contributed by atoms with Gasteiger partial charge in [0, 0.05) is 5.57 Å². The molecule has 0 heterocycles. The summed E-state index contributed by atoms with van der Waals surface area (Å²) in [7, 11) is 0. The zero-order valence-electron chi connectivity index (χ0n) is 10.8. The third-order valence-corrected chi connectivity index (χ3v) is 2.18. The minimum Gasteiger partial charge on any atom is -0.461 e. The maximum atomic E-state index is 11.4. The molecule has 6 nitrogen and oxygen atoms in total. The smallest absolute Gasteiger partial charge is 0.333 e. The fourth-order valence-electron chi connectivity index (χ4n) is 1.13. The van der Waals surface area contributed by atoms with Gasteiger partial charge < -0.3 is 20.9 Å². The fraction of sp³-hybridized carbons (Fsp3) is 0.667. The molecular formula is C12H22N2O4. The Kier molecular flexibility index (Phi) is 8.86. The molecule has 6 heteroatoms. The molecule has 0 aliphatic rings. The van der Waals surface area contributed by atoms with Crippen molar-refractivity contribution in [3.63, 3.8) is 0 Å². The van der Waals surface area contributed by atoms with E-state index in [4.69, 9.17) is 20.9 Å². The summed E-state index contributed by atoms with van der Waals surface area (Å²) in [4.78, 5) is 22.4. The van der Waals surface area contributed by atoms with Crippen LogP contribution >= 0.6 is 0 Å². The van der Waals surface area contributed by atoms with Gasteiger partial charge in [-0.2, -0.15) is 0 Å². The minimum absolute atomic E-state index is 0.00242. The van der Waals surface area contributed by atoms with Gasteiger partial charge in [-0.1, -0.05) is 13.0 Å². The van der Waals surface area contributed by atoms with E-state index in [1.807, 2.05) is 0 Å². The summed E-state index contributed by atoms with van der Waals surface area (Å²) in [5, 5.41) is 0. The van der Waals surface area contributed by atoms with E-state index in [1.165, 1.54) is 0 Å². The van der Waals surface area contributed by atoms with Gasteiger partial charge in [0.05, 0.1) is 0 Å². The monoisotopic (exact) mass is 258 g/mol. The molecule has 0 aliphatic carbocycles. The van der Waals surface area contributed by atoms with E-state index in [0.29, 0.717) is 18.5 Å². The first kappa shape index (κ1) is 16.6. The zero-order valence-corrected chi connectivity index (χ0v) is 10.8. The summed E-state index contributed by atoms with van der Waals surface area (Å²) in [5.74, 6) is -0.989. The lowest BCUT2D eigenvalue weighted by atomic mass is 10.1. The van der Waals surface area contributed by atoms with Crippen molar-refractivity contribution in [2.75, 3.05) is 19.8 Å². The largest absolute Gasteiger partial charge is 0.461 e. The molecule has 0 spiro atoms. The summed E-state index contributed by atoms with van der Waals surface area (Å²) < 4.78 is 9.62. The van der Waals surface area contributed by atoms with Gasteiger partial charge in [0.15, 0.2) is 0 Å². The SMILES string of the molecule is C=C(C)C(=O)OCCOC(=O)[C@@H](N)CCCCN. The van der Waals surface area contributed by atoms with E-state index >= 15 is 0 Å². The lowest BCUT2D eigenvalue weighted by Gasteiger charge is -2.11. The Morgan fingerprint density at radius 3 is 2.39 bits per heavy atom. The van der Waals surface area contributed by atoms with Crippen molar-refractivity contribution >= 4 is 11.9 Å². The van der Waals surface area contributed by atoms with Crippen LogP contribution in [0.25, 0.3) is 0 Å². The van der Waals surface area contributed by atoms with Crippen molar-refractivity contribution in [2.24, 2.45) is 11.5 Å². The van der Waals surface area contributed by atoms with Gasteiger partial charge in [-0.05, 0) is 26.3 Å². The molecule has 0 saturated carbocycles. The Morgan fingerprint density at radius 1 is 1.22 bits per heavy atom. The van der Waals surface area contributed by atoms with Crippen LogP contribution in [0.5, 0.6) is 0 Å². The van der Waals surface area contributed by atoms with Crippen LogP contribution in [0.4, 0.5) is 0 Å². The molecule has 18 heavy (non-hydrogen) atoms. The third-order valence-electron chi connectivity index (χ3n) is 2.18. The molecule has 1 atom stereocenters. The van der Waals surface area contributed by atoms with E-state index in [1.54, 1.807) is 6.92 Å². The Bertz CT molecular complexity index is 292. The second kappa shape index (κ2) is 9.61. The van der Waals surface area contributed by atoms with Crippen molar-refractivity contribution in [2.45, 2.75) is 32.2 Å². The van der Waals surface area contributed by atoms with E-state index in [0.717, 1.165) is 12.8 Å². The highest BCUT2D eigenvalue weighted by atomic mass is 16.6. The fourth-order valence-corrected chi connectivity index (χ4v) is 1.13. The standard InChI is InChI=1S/C12H22N2O4/c1-9(2)11(15)17-7-8-18-12(16)10(14)5-3-4-6-13/h10H,1,3-8,13-14H2,2H3/t10-/m0/s1. The highest BCUT2D eigenvalue weighted by Gasteiger charge is 2.14. The van der Waals surface area contributed by atoms with Crippen molar-refractivity contribution in [3.05, 3.63) is 12.2 Å². The predicted octanol–water partition coefficient (Wildman–Crippen LogP) is 0.105. The molecule has 0 unspecified atom stereocenters. The molecule has 0 saturated heterocycles. The first-order valence-corrected chi connectivity index (χ1v) is 5.94. The van der Waals surface area contributed by atoms with E-state index in [2.05, 4.69) is 6.58 Å². The van der Waals surface area contributed by atoms with Crippen LogP contribution in [-0.4, -0.2) is 37.7 Å². The molecule has 0 fully saturated rings. The summed E-state index contributed by atoms with van der Waals surface area (Å²) >= 11 is 0. The van der Waals surface area contributed by atoms with Crippen LogP contribution in [-0.2, 0) is 19.1 Å². The Hall–Kier alpha value is -1.40. The maximum Gasteiger partial charge on any atom is 0.333 e. The molecule has 0 aliphatic heterocycles. The van der Waals surface area contributed by atoms with Crippen LogP contribution in [0.2, 0.25) is 0 Å². The lowest BCUT2D eigenvalue weighted by molar-refractivity contribution is -0.151. The number of hydrogen-bond donors (Lipinski definition) is 2. The first-order chi connectivity index (χ1) is 8.49. The van der Waals surface area contributed by atoms with Crippen molar-refractivity contribution in [3.8, 4) is 0 Å². The average Bonchev–Trinajstić information content (AvgIpc) is 2.33. The van der Waals surface area contributed by atoms with Crippen LogP contribution in [0.15, 0.2) is 12.2 Å². The number of carbonyl (C=O) groups is 2. The summed E-state index contributed by atoms with van der Waals surface area (Å²) in [6, 6.07) is -0.645. The van der Waals surface area contributed by atoms with Crippen molar-refractivity contribution in [1.82, 2.24) is 0 Å². The number of esters is 2. The summed E-state index contributed by atoms with van der Waals surface area (Å²) in [6.45, 7) is 5.56. The molecule has 0 rings (SSSR count). The van der Waals surface area contributed by atoms with E-state index < -0.39 is 18.0 Å². The van der Waals surface area contributed by atoms with Crippen molar-refractivity contribution in [1.29, 1.82) is 0 Å². The second-order valence-electron chi connectivity index (χ2n) is 3.97. The topological polar surface area (TPSA) is 105 Å². The van der Waals surface area contributed by atoms with Gasteiger partial charge in [0.2, 0.25) is 0 Å². The van der Waals surface area contributed by atoms with Gasteiger partial charge >= 0.3 is 11.9 Å². The summed E-state index contributed by atoms with van der Waals surface area (Å²) in [5.41, 5.74) is 11.2. The Morgan fingerprint density at radius 2 is 1.83 bits per heavy atom. The number of hydrogen-bond acceptors (Lipinski definition) is 6. The van der Waals surface area contributed by atoms with E-state index in [9.17, 15) is 9.59 Å². The van der Waals surface area contributed by atoms with Crippen LogP contribution < -0.4 is 11.5 Å². The minimum atomic E-state index is -0.645. The molecule has 0 bridgehead atoms. The third kappa shape index (κ3) is 7.81. The van der Waals surface area contributed by atoms with E-state index in [-0.39, 0.29) is 13.2 Å². The van der Waals surface area contributed by atoms with Crippen molar-refractivity contribution < 1.29 is 19.1 Å². The average molecular weight is 258 g/mol. The molecular weight excluding hydrogens is 236 g/mol. The van der Waals surface area contributed by atoms with Crippen LogP contribution in [0.3, 0.4) is 0 Å². The number of ether oxygens (including phenoxy) is 2. The van der Waals surface area contributed by atoms with Gasteiger partial charge in [-0.3, -0.25) is 4.79 Å². The van der Waals surface area contributed by atoms with Gasteiger partial charge in [-0.15, -0.1) is 0 Å². The zero-order chi connectivity index (χ0) is 14.0. The highest BCUT2D eigenvalue weighted by Crippen LogP contribution is 2.00. The number of nitrogens with two attached hydrogens (primary N) is 2. The lowest BCUT2D eigenvalue weighted by Crippen LogP contribution is -2.33. The predicted molar refractivity (Wildman–Crippen MR) is 67.6 cm³/mol. The maximum absolute atomic E-state index is 11.4. The highest BCUT2D eigenvalue weighted by molar-refractivity contribution is 5.86. The Balaban J connectivity index is 3.63. The Labute approximate surface area is 107 Å². The van der Waals surface area contributed by atoms with Crippen LogP contribution in [0.1, 0.15) is 26.2 Å². The van der Waals surface area contributed by atoms with Crippen LogP contribution in [0, 0.1) is 0 Å². The molecule has 0 radical (unpaired) electrons. The summed E-state index contributed by atoms with van der Waals surface area (Å²) in [6.07, 6.45) is 2.16. The molecule has 4 N–H and O–H groups in total. The number of rotatable bonds is 9. The molecule has 0 aromatic carbocycles. The normalized spacial score (nSPS) is 11.7. The van der Waals surface area contributed by atoms with Gasteiger partial charge in [0.1, 0.15) is 19.3 Å². The first-order valence-electron chi connectivity index (χ1n) is 5.94. The molecule has 0 aromatic heterocycles. The quantitative estimate of drug-likeness (QED) is 0.345.